The summed E-state index contributed by atoms with van der Waals surface area (Å²) in [5, 5.41) is 6.54. The lowest BCUT2D eigenvalue weighted by molar-refractivity contribution is 0.153. The monoisotopic (exact) mass is 305 g/mol. The van der Waals surface area contributed by atoms with Gasteiger partial charge in [-0.1, -0.05) is 23.8 Å². The van der Waals surface area contributed by atoms with Gasteiger partial charge < -0.3 is 15.4 Å². The third-order valence-corrected chi connectivity index (χ3v) is 3.61. The molecule has 5 heteroatoms. The summed E-state index contributed by atoms with van der Waals surface area (Å²) in [5.74, 6) is 0.591. The van der Waals surface area contributed by atoms with Crippen molar-refractivity contribution < 1.29 is 9.13 Å². The summed E-state index contributed by atoms with van der Waals surface area (Å²) in [7, 11) is 1.76. The second kappa shape index (κ2) is 9.20. The van der Waals surface area contributed by atoms with E-state index in [-0.39, 0.29) is 5.82 Å². The van der Waals surface area contributed by atoms with Gasteiger partial charge in [-0.2, -0.15) is 0 Å². The number of benzene rings is 1. The zero-order valence-electron chi connectivity index (χ0n) is 13.1. The van der Waals surface area contributed by atoms with Gasteiger partial charge in [-0.05, 0) is 37.0 Å². The van der Waals surface area contributed by atoms with Crippen LogP contribution >= 0.6 is 0 Å². The summed E-state index contributed by atoms with van der Waals surface area (Å²) in [6.07, 6.45) is 4.95. The first-order chi connectivity index (χ1) is 10.8. The molecule has 0 unspecified atom stereocenters. The van der Waals surface area contributed by atoms with Gasteiger partial charge in [0.15, 0.2) is 5.96 Å². The first-order valence-electron chi connectivity index (χ1n) is 7.72. The van der Waals surface area contributed by atoms with E-state index in [1.807, 2.05) is 6.07 Å². The van der Waals surface area contributed by atoms with Crippen molar-refractivity contribution in [3.8, 4) is 0 Å². The number of ether oxygens (including phenoxy) is 1. The van der Waals surface area contributed by atoms with Crippen LogP contribution in [0.3, 0.4) is 0 Å². The molecule has 0 spiro atoms. The molecule has 1 aliphatic rings. The quantitative estimate of drug-likeness (QED) is 0.481. The molecule has 1 aromatic carbocycles. The molecule has 0 radical (unpaired) electrons. The number of nitrogens with one attached hydrogen (secondary N) is 2. The lowest BCUT2D eigenvalue weighted by Crippen LogP contribution is -2.38. The van der Waals surface area contributed by atoms with Crippen LogP contribution in [0.25, 0.3) is 0 Å². The third-order valence-electron chi connectivity index (χ3n) is 3.61. The zero-order valence-corrected chi connectivity index (χ0v) is 13.1. The van der Waals surface area contributed by atoms with Crippen molar-refractivity contribution in [3.63, 3.8) is 0 Å². The molecule has 0 aliphatic carbocycles. The van der Waals surface area contributed by atoms with Gasteiger partial charge in [0.05, 0.1) is 13.2 Å². The highest BCUT2D eigenvalue weighted by atomic mass is 19.1. The summed E-state index contributed by atoms with van der Waals surface area (Å²) in [6.45, 7) is 3.13. The molecule has 1 aromatic rings. The topological polar surface area (TPSA) is 45.7 Å². The van der Waals surface area contributed by atoms with Gasteiger partial charge in [-0.15, -0.1) is 0 Å². The lowest BCUT2D eigenvalue weighted by Gasteiger charge is -2.15. The van der Waals surface area contributed by atoms with Crippen molar-refractivity contribution in [1.82, 2.24) is 10.6 Å². The predicted octanol–water partition coefficient (Wildman–Crippen LogP) is 2.27. The van der Waals surface area contributed by atoms with Gasteiger partial charge >= 0.3 is 0 Å². The van der Waals surface area contributed by atoms with Crippen LogP contribution in [-0.4, -0.2) is 39.3 Å². The van der Waals surface area contributed by atoms with Crippen LogP contribution in [0.15, 0.2) is 40.9 Å². The summed E-state index contributed by atoms with van der Waals surface area (Å²) in [5.41, 5.74) is 2.42. The number of hydrogen-bond acceptors (Lipinski definition) is 2. The van der Waals surface area contributed by atoms with E-state index in [0.717, 1.165) is 57.1 Å². The summed E-state index contributed by atoms with van der Waals surface area (Å²) in [6, 6.07) is 6.69. The van der Waals surface area contributed by atoms with Gasteiger partial charge in [0.1, 0.15) is 5.82 Å². The maximum Gasteiger partial charge on any atom is 0.190 e. The number of hydrogen-bond donors (Lipinski definition) is 2. The molecule has 0 fully saturated rings. The SMILES string of the molecule is CN=C(NCCC1=CCOCC1)NCCc1cccc(F)c1. The molecule has 2 N–H and O–H groups in total. The average molecular weight is 305 g/mol. The Labute approximate surface area is 131 Å². The van der Waals surface area contributed by atoms with Crippen LogP contribution in [0.2, 0.25) is 0 Å². The minimum atomic E-state index is -0.190. The third kappa shape index (κ3) is 5.85. The van der Waals surface area contributed by atoms with Crippen molar-refractivity contribution in [1.29, 1.82) is 0 Å². The summed E-state index contributed by atoms with van der Waals surface area (Å²) < 4.78 is 18.4. The van der Waals surface area contributed by atoms with Crippen LogP contribution in [-0.2, 0) is 11.2 Å². The lowest BCUT2D eigenvalue weighted by atomic mass is 10.1. The second-order valence-electron chi connectivity index (χ2n) is 5.24. The number of nitrogens with zero attached hydrogens (tertiary/aromatic N) is 1. The Hall–Kier alpha value is -1.88. The fourth-order valence-electron chi connectivity index (χ4n) is 2.37. The minimum Gasteiger partial charge on any atom is -0.377 e. The van der Waals surface area contributed by atoms with Crippen LogP contribution in [0, 0.1) is 5.82 Å². The predicted molar refractivity (Wildman–Crippen MR) is 87.6 cm³/mol. The molecule has 0 aromatic heterocycles. The maximum absolute atomic E-state index is 13.1. The molecule has 2 rings (SSSR count). The molecular formula is C17H24FN3O. The zero-order chi connectivity index (χ0) is 15.6. The Balaban J connectivity index is 1.65. The molecule has 0 saturated heterocycles. The Bertz CT molecular complexity index is 528. The number of aliphatic imine (C=N–C) groups is 1. The van der Waals surface area contributed by atoms with E-state index < -0.39 is 0 Å². The van der Waals surface area contributed by atoms with E-state index in [1.54, 1.807) is 19.2 Å². The molecule has 0 bridgehead atoms. The van der Waals surface area contributed by atoms with Gasteiger partial charge in [-0.25, -0.2) is 4.39 Å². The number of rotatable bonds is 6. The van der Waals surface area contributed by atoms with E-state index in [1.165, 1.54) is 11.6 Å². The molecule has 0 saturated carbocycles. The van der Waals surface area contributed by atoms with Crippen molar-refractivity contribution in [3.05, 3.63) is 47.3 Å². The van der Waals surface area contributed by atoms with Crippen molar-refractivity contribution in [2.24, 2.45) is 4.99 Å². The van der Waals surface area contributed by atoms with Gasteiger partial charge in [0.2, 0.25) is 0 Å². The highest BCUT2D eigenvalue weighted by molar-refractivity contribution is 5.79. The fraction of sp³-hybridized carbons (Fsp3) is 0.471. The molecule has 0 amide bonds. The van der Waals surface area contributed by atoms with E-state index in [4.69, 9.17) is 4.74 Å². The van der Waals surface area contributed by atoms with Crippen LogP contribution < -0.4 is 10.6 Å². The highest BCUT2D eigenvalue weighted by Gasteiger charge is 2.04. The van der Waals surface area contributed by atoms with Crippen LogP contribution in [0.5, 0.6) is 0 Å². The van der Waals surface area contributed by atoms with Crippen molar-refractivity contribution in [2.45, 2.75) is 19.3 Å². The molecule has 22 heavy (non-hydrogen) atoms. The Kier molecular flexibility index (Phi) is 6.90. The Morgan fingerprint density at radius 1 is 1.27 bits per heavy atom. The van der Waals surface area contributed by atoms with Gasteiger partial charge in [-0.3, -0.25) is 4.99 Å². The first kappa shape index (κ1) is 16.5. The van der Waals surface area contributed by atoms with Crippen molar-refractivity contribution >= 4 is 5.96 Å². The molecule has 1 aliphatic heterocycles. The van der Waals surface area contributed by atoms with Gasteiger partial charge in [0, 0.05) is 20.1 Å². The molecule has 0 atom stereocenters. The molecule has 4 nitrogen and oxygen atoms in total. The normalized spacial score (nSPS) is 15.4. The highest BCUT2D eigenvalue weighted by Crippen LogP contribution is 2.10. The fourth-order valence-corrected chi connectivity index (χ4v) is 2.37. The standard InChI is InChI=1S/C17H24FN3O/c1-19-17(20-9-5-14-7-11-22-12-8-14)21-10-6-15-3-2-4-16(18)13-15/h2-4,7,13H,5-6,8-12H2,1H3,(H2,19,20,21). The van der Waals surface area contributed by atoms with Gasteiger partial charge in [0.25, 0.3) is 0 Å². The average Bonchev–Trinajstić information content (AvgIpc) is 2.54. The van der Waals surface area contributed by atoms with E-state index in [9.17, 15) is 4.39 Å². The first-order valence-corrected chi connectivity index (χ1v) is 7.72. The van der Waals surface area contributed by atoms with Crippen LogP contribution in [0.1, 0.15) is 18.4 Å². The van der Waals surface area contributed by atoms with Crippen LogP contribution in [0.4, 0.5) is 4.39 Å². The van der Waals surface area contributed by atoms with Crippen molar-refractivity contribution in [2.75, 3.05) is 33.4 Å². The van der Waals surface area contributed by atoms with E-state index in [0.29, 0.717) is 0 Å². The smallest absolute Gasteiger partial charge is 0.190 e. The second-order valence-corrected chi connectivity index (χ2v) is 5.24. The summed E-state index contributed by atoms with van der Waals surface area (Å²) >= 11 is 0. The number of halogens is 1. The maximum atomic E-state index is 13.1. The number of guanidine groups is 1. The minimum absolute atomic E-state index is 0.190. The largest absolute Gasteiger partial charge is 0.377 e. The molecule has 120 valence electrons. The molecule has 1 heterocycles. The molecular weight excluding hydrogens is 281 g/mol. The van der Waals surface area contributed by atoms with E-state index >= 15 is 0 Å². The van der Waals surface area contributed by atoms with E-state index in [2.05, 4.69) is 21.7 Å². The Morgan fingerprint density at radius 2 is 2.09 bits per heavy atom. The summed E-state index contributed by atoms with van der Waals surface area (Å²) in [4.78, 5) is 4.20. The Morgan fingerprint density at radius 3 is 2.77 bits per heavy atom.